The van der Waals surface area contributed by atoms with Crippen LogP contribution in [-0.2, 0) is 17.9 Å². The molecule has 55 heavy (non-hydrogen) atoms. The Hall–Kier alpha value is -5.62. The number of rotatable bonds is 10. The maximum Gasteiger partial charge on any atom is 0.307 e. The third-order valence-electron chi connectivity index (χ3n) is 10.9. The second-order valence-electron chi connectivity index (χ2n) is 15.2. The second-order valence-corrected chi connectivity index (χ2v) is 15.2. The molecule has 8 rings (SSSR count). The summed E-state index contributed by atoms with van der Waals surface area (Å²) in [4.78, 5) is 33.4. The molecular weight excluding hydrogens is 706 g/mol. The molecule has 1 aliphatic carbocycles. The summed E-state index contributed by atoms with van der Waals surface area (Å²) in [6.07, 6.45) is 5.75. The van der Waals surface area contributed by atoms with Crippen molar-refractivity contribution in [3.63, 3.8) is 0 Å². The van der Waals surface area contributed by atoms with E-state index in [4.69, 9.17) is 9.40 Å². The van der Waals surface area contributed by atoms with Gasteiger partial charge in [-0.1, -0.05) is 44.2 Å². The number of nitrogens with one attached hydrogen (secondary N) is 1. The molecule has 2 fully saturated rings. The van der Waals surface area contributed by atoms with Gasteiger partial charge in [-0.25, -0.2) is 23.7 Å². The maximum atomic E-state index is 14.0. The number of hydrogen-bond donors (Lipinski definition) is 3. The number of β-amino-alcohol motifs (C(OH)–C–C–N with tert-alkyl or cyclic N) is 1. The zero-order valence-corrected chi connectivity index (χ0v) is 30.4. The number of halogens is 2. The molecule has 3 N–H and O–H groups in total. The fraction of sp³-hybridized carbons (Fsp3) is 0.366. The normalized spacial score (nSPS) is 21.4. The zero-order valence-electron chi connectivity index (χ0n) is 30.4. The number of carboxylic acids is 1. The predicted octanol–water partition coefficient (Wildman–Crippen LogP) is 6.96. The summed E-state index contributed by atoms with van der Waals surface area (Å²) in [7, 11) is 0. The first-order valence-electron chi connectivity index (χ1n) is 18.4. The Labute approximate surface area is 315 Å². The third-order valence-corrected chi connectivity index (χ3v) is 10.9. The van der Waals surface area contributed by atoms with Gasteiger partial charge in [0.1, 0.15) is 17.1 Å². The highest BCUT2D eigenvalue weighted by molar-refractivity contribution is 5.88. The molecule has 0 bridgehead atoms. The van der Waals surface area contributed by atoms with Crippen LogP contribution in [0.2, 0.25) is 0 Å². The van der Waals surface area contributed by atoms with Gasteiger partial charge in [-0.15, -0.1) is 0 Å². The Kier molecular flexibility index (Phi) is 9.62. The number of carboxylic acid groups (broad SMARTS) is 1. The van der Waals surface area contributed by atoms with Gasteiger partial charge in [0.05, 0.1) is 29.0 Å². The molecule has 0 spiro atoms. The average molecular weight is 747 g/mol. The lowest BCUT2D eigenvalue weighted by atomic mass is 9.68. The lowest BCUT2D eigenvalue weighted by molar-refractivity contribution is -0.141. The topological polar surface area (TPSA) is 165 Å². The number of alkyl halides is 2. The SMILES string of the molecule is CC1(C)C(c2cccc(Nc3nc(C(F)F)nc4cc(CN5CC[C@@H](O)C5)cnc34)c2)=CC=CC1c1nc2cc(CN3CC[C@H](C(=O)O)C3)cc(C#N)c2o1. The van der Waals surface area contributed by atoms with Crippen molar-refractivity contribution in [3.05, 3.63) is 101 Å². The molecule has 1 unspecified atom stereocenters. The number of allylic oxidation sites excluding steroid dienone is 4. The third kappa shape index (κ3) is 7.30. The van der Waals surface area contributed by atoms with Gasteiger partial charge in [-0.3, -0.25) is 19.6 Å². The van der Waals surface area contributed by atoms with Crippen LogP contribution in [0.4, 0.5) is 20.3 Å². The summed E-state index contributed by atoms with van der Waals surface area (Å²) in [5.74, 6) is -1.44. The number of nitrogens with zero attached hydrogens (tertiary/aromatic N) is 7. The van der Waals surface area contributed by atoms with Crippen molar-refractivity contribution in [1.29, 1.82) is 5.26 Å². The van der Waals surface area contributed by atoms with E-state index in [1.54, 1.807) is 18.3 Å². The van der Waals surface area contributed by atoms with E-state index in [-0.39, 0.29) is 17.8 Å². The first-order chi connectivity index (χ1) is 26.4. The number of aliphatic hydroxyl groups is 1. The number of hydrogen-bond acceptors (Lipinski definition) is 11. The van der Waals surface area contributed by atoms with Crippen molar-refractivity contribution in [2.24, 2.45) is 11.3 Å². The number of aliphatic carboxylic acids is 1. The summed E-state index contributed by atoms with van der Waals surface area (Å²) in [5, 5.41) is 32.6. The zero-order chi connectivity index (χ0) is 38.4. The van der Waals surface area contributed by atoms with E-state index >= 15 is 0 Å². The fourth-order valence-corrected chi connectivity index (χ4v) is 8.06. The Morgan fingerprint density at radius 1 is 1.05 bits per heavy atom. The molecule has 3 aliphatic rings. The molecule has 0 amide bonds. The van der Waals surface area contributed by atoms with E-state index in [1.165, 1.54) is 0 Å². The maximum absolute atomic E-state index is 14.0. The molecule has 5 aromatic rings. The van der Waals surface area contributed by atoms with E-state index in [2.05, 4.69) is 50.0 Å². The number of likely N-dealkylation sites (tertiary alicyclic amines) is 2. The first kappa shape index (κ1) is 36.4. The molecule has 3 aromatic heterocycles. The molecule has 3 atom stereocenters. The lowest BCUT2D eigenvalue weighted by Gasteiger charge is -2.35. The van der Waals surface area contributed by atoms with Gasteiger partial charge in [0.2, 0.25) is 5.89 Å². The highest BCUT2D eigenvalue weighted by Gasteiger charge is 2.38. The van der Waals surface area contributed by atoms with E-state index in [1.807, 2.05) is 48.6 Å². The molecule has 0 saturated carbocycles. The molecular formula is C41H40F2N8O4. The van der Waals surface area contributed by atoms with Crippen molar-refractivity contribution >= 4 is 45.2 Å². The van der Waals surface area contributed by atoms with E-state index < -0.39 is 29.6 Å². The first-order valence-corrected chi connectivity index (χ1v) is 18.4. The highest BCUT2D eigenvalue weighted by atomic mass is 19.3. The van der Waals surface area contributed by atoms with E-state index in [0.717, 1.165) is 28.8 Å². The van der Waals surface area contributed by atoms with Gasteiger partial charge in [0.25, 0.3) is 6.43 Å². The molecule has 282 valence electrons. The number of aromatic nitrogens is 4. The highest BCUT2D eigenvalue weighted by Crippen LogP contribution is 2.49. The van der Waals surface area contributed by atoms with Crippen molar-refractivity contribution in [2.45, 2.75) is 58.2 Å². The average Bonchev–Trinajstić information content (AvgIpc) is 3.91. The van der Waals surface area contributed by atoms with Gasteiger partial charge in [-0.2, -0.15) is 5.26 Å². The molecule has 14 heteroatoms. The van der Waals surface area contributed by atoms with Crippen LogP contribution in [0.25, 0.3) is 27.7 Å². The van der Waals surface area contributed by atoms with Crippen LogP contribution < -0.4 is 5.32 Å². The number of oxazole rings is 1. The van der Waals surface area contributed by atoms with E-state index in [0.29, 0.717) is 84.8 Å². The van der Waals surface area contributed by atoms with Crippen LogP contribution in [0.15, 0.2) is 71.3 Å². The largest absolute Gasteiger partial charge is 0.481 e. The monoisotopic (exact) mass is 746 g/mol. The molecule has 2 aliphatic heterocycles. The smallest absolute Gasteiger partial charge is 0.307 e. The van der Waals surface area contributed by atoms with Gasteiger partial charge in [-0.05, 0) is 72.0 Å². The number of fused-ring (bicyclic) bond motifs is 2. The molecule has 0 radical (unpaired) electrons. The van der Waals surface area contributed by atoms with Gasteiger partial charge >= 0.3 is 5.97 Å². The molecule has 2 aromatic carbocycles. The summed E-state index contributed by atoms with van der Waals surface area (Å²) < 4.78 is 34.4. The minimum Gasteiger partial charge on any atom is -0.481 e. The van der Waals surface area contributed by atoms with Crippen molar-refractivity contribution < 1.29 is 28.2 Å². The number of pyridine rings is 1. The van der Waals surface area contributed by atoms with Crippen molar-refractivity contribution in [2.75, 3.05) is 31.5 Å². The Morgan fingerprint density at radius 3 is 2.58 bits per heavy atom. The fourth-order valence-electron chi connectivity index (χ4n) is 8.06. The minimum atomic E-state index is -2.88. The summed E-state index contributed by atoms with van der Waals surface area (Å²) in [5.41, 5.74) is 5.67. The summed E-state index contributed by atoms with van der Waals surface area (Å²) in [6, 6.07) is 15.3. The summed E-state index contributed by atoms with van der Waals surface area (Å²) in [6.45, 7) is 7.66. The Balaban J connectivity index is 1.05. The van der Waals surface area contributed by atoms with Crippen LogP contribution in [0.3, 0.4) is 0 Å². The quantitative estimate of drug-likeness (QED) is 0.135. The van der Waals surface area contributed by atoms with Crippen LogP contribution in [0, 0.1) is 22.7 Å². The van der Waals surface area contributed by atoms with Crippen LogP contribution >= 0.6 is 0 Å². The standard InChI is InChI=1S/C41H40F2N8O4/c1-41(2)30(7-4-8-31(41)39-48-33-14-23(13-27(17-44)35(33)55-39)19-50-11-9-26(21-50)40(53)54)25-5-3-6-28(16-25)46-37-34-32(47-38(49-37)36(42)43)15-24(18-45-34)20-51-12-10-29(52)22-51/h3-8,13-16,18,26,29,31,36,52H,9-12,19-22H2,1-2H3,(H,53,54)(H,46,47,49)/t26-,29+,31?/m0/s1. The predicted molar refractivity (Wildman–Crippen MR) is 201 cm³/mol. The molecule has 12 nitrogen and oxygen atoms in total. The number of benzene rings is 2. The second kappa shape index (κ2) is 14.6. The van der Waals surface area contributed by atoms with Crippen LogP contribution in [-0.4, -0.2) is 78.2 Å². The van der Waals surface area contributed by atoms with Gasteiger partial charge in [0, 0.05) is 50.0 Å². The van der Waals surface area contributed by atoms with Crippen molar-refractivity contribution in [3.8, 4) is 6.07 Å². The number of carbonyl (C=O) groups is 1. The molecule has 5 heterocycles. The van der Waals surface area contributed by atoms with Gasteiger partial charge < -0.3 is 19.9 Å². The van der Waals surface area contributed by atoms with Crippen LogP contribution in [0.5, 0.6) is 0 Å². The Morgan fingerprint density at radius 2 is 1.84 bits per heavy atom. The van der Waals surface area contributed by atoms with Gasteiger partial charge in [0.15, 0.2) is 17.2 Å². The van der Waals surface area contributed by atoms with Crippen LogP contribution in [0.1, 0.15) is 73.0 Å². The lowest BCUT2D eigenvalue weighted by Crippen LogP contribution is -2.25. The van der Waals surface area contributed by atoms with E-state index in [9.17, 15) is 29.1 Å². The number of nitriles is 1. The Bertz CT molecular complexity index is 2400. The summed E-state index contributed by atoms with van der Waals surface area (Å²) >= 11 is 0. The number of aliphatic hydroxyl groups excluding tert-OH is 1. The number of anilines is 2. The van der Waals surface area contributed by atoms with Crippen molar-refractivity contribution in [1.82, 2.24) is 29.7 Å². The minimum absolute atomic E-state index is 0.167. The molecule has 2 saturated heterocycles.